The van der Waals surface area contributed by atoms with E-state index in [0.29, 0.717) is 5.13 Å². The van der Waals surface area contributed by atoms with Crippen molar-refractivity contribution in [3.8, 4) is 0 Å². The van der Waals surface area contributed by atoms with Gasteiger partial charge in [-0.3, -0.25) is 15.6 Å². The fourth-order valence-electron chi connectivity index (χ4n) is 1.95. The molecule has 4 nitrogen and oxygen atoms in total. The van der Waals surface area contributed by atoms with Gasteiger partial charge in [-0.15, -0.1) is 0 Å². The number of thiazole rings is 1. The third kappa shape index (κ3) is 2.85. The minimum Gasteiger partial charge on any atom is -0.273 e. The van der Waals surface area contributed by atoms with Crippen molar-refractivity contribution < 1.29 is 9.18 Å². The summed E-state index contributed by atoms with van der Waals surface area (Å²) >= 11 is 1.44. The number of nitrogens with zero attached hydrogens (tertiary/aromatic N) is 1. The number of benzene rings is 2. The van der Waals surface area contributed by atoms with Crippen LogP contribution in [0.5, 0.6) is 0 Å². The Balaban J connectivity index is 1.74. The highest BCUT2D eigenvalue weighted by atomic mass is 32.1. The average Bonchev–Trinajstić information content (AvgIpc) is 2.89. The number of fused-ring (bicyclic) bond motifs is 1. The number of para-hydroxylation sites is 1. The van der Waals surface area contributed by atoms with Crippen LogP contribution in [-0.4, -0.2) is 10.9 Å². The third-order valence-corrected chi connectivity index (χ3v) is 3.93. The summed E-state index contributed by atoms with van der Waals surface area (Å²) in [5.41, 5.74) is 7.51. The molecule has 1 heterocycles. The molecule has 0 atom stereocenters. The maximum atomic E-state index is 13.1. The molecular weight excluding hydrogens is 289 g/mol. The van der Waals surface area contributed by atoms with Crippen LogP contribution in [0.25, 0.3) is 10.2 Å². The Morgan fingerprint density at radius 2 is 2.05 bits per heavy atom. The fourth-order valence-corrected chi connectivity index (χ4v) is 2.85. The van der Waals surface area contributed by atoms with Crippen LogP contribution in [0.4, 0.5) is 9.52 Å². The zero-order chi connectivity index (χ0) is 14.8. The molecule has 0 saturated carbocycles. The van der Waals surface area contributed by atoms with Crippen molar-refractivity contribution in [1.82, 2.24) is 10.4 Å². The number of aryl methyl sites for hydroxylation is 1. The summed E-state index contributed by atoms with van der Waals surface area (Å²) in [4.78, 5) is 16.3. The standard InChI is InChI=1S/C15H12FN3OS/c1-9-4-2-7-12-13(9)17-15(21-12)19-18-14(20)10-5-3-6-11(16)8-10/h2-8H,1H3,(H,17,19)(H,18,20). The van der Waals surface area contributed by atoms with Gasteiger partial charge in [-0.2, -0.15) is 0 Å². The number of anilines is 1. The zero-order valence-corrected chi connectivity index (χ0v) is 12.0. The lowest BCUT2D eigenvalue weighted by Crippen LogP contribution is -2.29. The Labute approximate surface area is 124 Å². The topological polar surface area (TPSA) is 54.0 Å². The second-order valence-electron chi connectivity index (χ2n) is 4.53. The quantitative estimate of drug-likeness (QED) is 0.728. The first-order valence-electron chi connectivity index (χ1n) is 6.31. The SMILES string of the molecule is Cc1cccc2sc(NNC(=O)c3cccc(F)c3)nc12. The van der Waals surface area contributed by atoms with E-state index in [4.69, 9.17) is 0 Å². The van der Waals surface area contributed by atoms with Crippen molar-refractivity contribution in [1.29, 1.82) is 0 Å². The van der Waals surface area contributed by atoms with Gasteiger partial charge in [0.2, 0.25) is 5.13 Å². The molecule has 21 heavy (non-hydrogen) atoms. The highest BCUT2D eigenvalue weighted by Crippen LogP contribution is 2.27. The lowest BCUT2D eigenvalue weighted by molar-refractivity contribution is 0.0962. The Hall–Kier alpha value is -2.47. The molecule has 6 heteroatoms. The number of nitrogens with one attached hydrogen (secondary N) is 2. The van der Waals surface area contributed by atoms with Gasteiger partial charge in [-0.1, -0.05) is 29.5 Å². The molecule has 2 N–H and O–H groups in total. The molecule has 1 amide bonds. The molecule has 0 spiro atoms. The summed E-state index contributed by atoms with van der Waals surface area (Å²) in [6.45, 7) is 1.98. The van der Waals surface area contributed by atoms with Crippen LogP contribution in [0.15, 0.2) is 42.5 Å². The first kappa shape index (κ1) is 13.5. The van der Waals surface area contributed by atoms with Crippen molar-refractivity contribution in [2.45, 2.75) is 6.92 Å². The van der Waals surface area contributed by atoms with Gasteiger partial charge in [0.1, 0.15) is 5.82 Å². The highest BCUT2D eigenvalue weighted by Gasteiger charge is 2.08. The number of hydrogen-bond donors (Lipinski definition) is 2. The summed E-state index contributed by atoms with van der Waals surface area (Å²) in [7, 11) is 0. The van der Waals surface area contributed by atoms with E-state index in [1.54, 1.807) is 6.07 Å². The lowest BCUT2D eigenvalue weighted by Gasteiger charge is -2.05. The van der Waals surface area contributed by atoms with Crippen LogP contribution in [0.1, 0.15) is 15.9 Å². The maximum absolute atomic E-state index is 13.1. The van der Waals surface area contributed by atoms with E-state index in [1.165, 1.54) is 29.5 Å². The van der Waals surface area contributed by atoms with Gasteiger partial charge in [-0.25, -0.2) is 9.37 Å². The van der Waals surface area contributed by atoms with Crippen molar-refractivity contribution in [2.24, 2.45) is 0 Å². The summed E-state index contributed by atoms with van der Waals surface area (Å²) in [5.74, 6) is -0.858. The molecule has 1 aromatic heterocycles. The van der Waals surface area contributed by atoms with Gasteiger partial charge in [0.25, 0.3) is 5.91 Å². The second-order valence-corrected chi connectivity index (χ2v) is 5.56. The largest absolute Gasteiger partial charge is 0.273 e. The number of hydrazine groups is 1. The van der Waals surface area contributed by atoms with Crippen molar-refractivity contribution >= 4 is 32.6 Å². The zero-order valence-electron chi connectivity index (χ0n) is 11.2. The van der Waals surface area contributed by atoms with E-state index < -0.39 is 11.7 Å². The van der Waals surface area contributed by atoms with Crippen LogP contribution in [0.3, 0.4) is 0 Å². The third-order valence-electron chi connectivity index (χ3n) is 2.99. The summed E-state index contributed by atoms with van der Waals surface area (Å²) in [6.07, 6.45) is 0. The van der Waals surface area contributed by atoms with Gasteiger partial charge < -0.3 is 0 Å². The number of aromatic nitrogens is 1. The van der Waals surface area contributed by atoms with Gasteiger partial charge in [0.05, 0.1) is 10.2 Å². The molecule has 0 aliphatic carbocycles. The van der Waals surface area contributed by atoms with Gasteiger partial charge in [-0.05, 0) is 36.8 Å². The average molecular weight is 301 g/mol. The Kier molecular flexibility index (Phi) is 3.53. The van der Waals surface area contributed by atoms with E-state index in [0.717, 1.165) is 15.8 Å². The molecule has 0 aliphatic rings. The maximum Gasteiger partial charge on any atom is 0.269 e. The molecule has 3 rings (SSSR count). The number of carbonyl (C=O) groups excluding carboxylic acids is 1. The second kappa shape index (κ2) is 5.49. The van der Waals surface area contributed by atoms with E-state index in [9.17, 15) is 9.18 Å². The molecule has 2 aromatic carbocycles. The minimum absolute atomic E-state index is 0.250. The number of carbonyl (C=O) groups is 1. The number of hydrogen-bond acceptors (Lipinski definition) is 4. The predicted octanol–water partition coefficient (Wildman–Crippen LogP) is 3.50. The van der Waals surface area contributed by atoms with Crippen molar-refractivity contribution in [2.75, 3.05) is 5.43 Å². The van der Waals surface area contributed by atoms with Crippen molar-refractivity contribution in [3.63, 3.8) is 0 Å². The number of rotatable bonds is 3. The normalized spacial score (nSPS) is 10.6. The first-order valence-corrected chi connectivity index (χ1v) is 7.13. The van der Waals surface area contributed by atoms with Gasteiger partial charge in [0, 0.05) is 5.56 Å². The van der Waals surface area contributed by atoms with Gasteiger partial charge in [0.15, 0.2) is 0 Å². The molecule has 0 fully saturated rings. The molecule has 3 aromatic rings. The van der Waals surface area contributed by atoms with E-state index in [1.807, 2.05) is 25.1 Å². The monoisotopic (exact) mass is 301 g/mol. The minimum atomic E-state index is -0.446. The van der Waals surface area contributed by atoms with Crippen LogP contribution in [-0.2, 0) is 0 Å². The Bertz CT molecular complexity index is 816. The predicted molar refractivity (Wildman–Crippen MR) is 81.8 cm³/mol. The lowest BCUT2D eigenvalue weighted by atomic mass is 10.2. The highest BCUT2D eigenvalue weighted by molar-refractivity contribution is 7.22. The fraction of sp³-hybridized carbons (Fsp3) is 0.0667. The van der Waals surface area contributed by atoms with Gasteiger partial charge >= 0.3 is 0 Å². The van der Waals surface area contributed by atoms with E-state index in [2.05, 4.69) is 15.8 Å². The summed E-state index contributed by atoms with van der Waals surface area (Å²) in [5, 5.41) is 0.587. The smallest absolute Gasteiger partial charge is 0.269 e. The number of amides is 1. The molecule has 106 valence electrons. The molecule has 0 aliphatic heterocycles. The van der Waals surface area contributed by atoms with Crippen molar-refractivity contribution in [3.05, 3.63) is 59.4 Å². The molecule has 0 saturated heterocycles. The summed E-state index contributed by atoms with van der Waals surface area (Å²) in [6, 6.07) is 11.4. The number of halogens is 1. The first-order chi connectivity index (χ1) is 10.1. The Morgan fingerprint density at radius 1 is 1.24 bits per heavy atom. The molecular formula is C15H12FN3OS. The van der Waals surface area contributed by atoms with E-state index in [-0.39, 0.29) is 5.56 Å². The molecule has 0 radical (unpaired) electrons. The molecule has 0 unspecified atom stereocenters. The summed E-state index contributed by atoms with van der Waals surface area (Å²) < 4.78 is 14.1. The van der Waals surface area contributed by atoms with Crippen LogP contribution >= 0.6 is 11.3 Å². The van der Waals surface area contributed by atoms with Crippen LogP contribution in [0.2, 0.25) is 0 Å². The van der Waals surface area contributed by atoms with E-state index >= 15 is 0 Å². The Morgan fingerprint density at radius 3 is 2.81 bits per heavy atom. The molecule has 0 bridgehead atoms. The van der Waals surface area contributed by atoms with Crippen LogP contribution < -0.4 is 10.9 Å². The van der Waals surface area contributed by atoms with Crippen LogP contribution in [0, 0.1) is 12.7 Å².